The minimum absolute atomic E-state index is 0.0751. The summed E-state index contributed by atoms with van der Waals surface area (Å²) in [6.07, 6.45) is 6.04. The quantitative estimate of drug-likeness (QED) is 0.450. The van der Waals surface area contributed by atoms with Crippen LogP contribution in [0, 0.1) is 30.0 Å². The third-order valence-electron chi connectivity index (χ3n) is 6.16. The van der Waals surface area contributed by atoms with Crippen LogP contribution in [0.3, 0.4) is 0 Å². The third kappa shape index (κ3) is 4.53. The summed E-state index contributed by atoms with van der Waals surface area (Å²) in [4.78, 5) is 23.0. The number of piperidine rings is 1. The van der Waals surface area contributed by atoms with Gasteiger partial charge in [0.1, 0.15) is 17.7 Å². The highest BCUT2D eigenvalue weighted by atomic mass is 19.1. The molecule has 10 heteroatoms. The lowest BCUT2D eigenvalue weighted by Gasteiger charge is -2.31. The molecule has 5 rings (SSSR count). The van der Waals surface area contributed by atoms with Crippen molar-refractivity contribution in [3.63, 3.8) is 0 Å². The summed E-state index contributed by atoms with van der Waals surface area (Å²) in [6, 6.07) is 10.4. The molecule has 1 saturated heterocycles. The number of nitrogens with one attached hydrogen (secondary N) is 1. The highest BCUT2D eigenvalue weighted by Crippen LogP contribution is 2.31. The lowest BCUT2D eigenvalue weighted by atomic mass is 9.96. The first-order valence-corrected chi connectivity index (χ1v) is 11.3. The molecule has 0 unspecified atom stereocenters. The first-order valence-electron chi connectivity index (χ1n) is 11.3. The molecule has 3 aromatic heterocycles. The Balaban J connectivity index is 1.17. The van der Waals surface area contributed by atoms with E-state index in [2.05, 4.69) is 21.4 Å². The molecule has 0 aliphatic carbocycles. The van der Waals surface area contributed by atoms with Crippen LogP contribution >= 0.6 is 0 Å². The van der Waals surface area contributed by atoms with Gasteiger partial charge in [0, 0.05) is 37.9 Å². The van der Waals surface area contributed by atoms with Crippen molar-refractivity contribution >= 4 is 11.8 Å². The SMILES string of the molecule is Cc1nccn1-c1ccc(CNC(=O)C2CCN(c3oc(-c4ccco4)nc3C#N)CC2)cc1F. The third-order valence-corrected chi connectivity index (χ3v) is 6.16. The summed E-state index contributed by atoms with van der Waals surface area (Å²) < 4.78 is 27.4. The molecule has 1 amide bonds. The van der Waals surface area contributed by atoms with E-state index in [0.717, 1.165) is 0 Å². The molecular weight excluding hydrogens is 451 g/mol. The van der Waals surface area contributed by atoms with Crippen molar-refractivity contribution in [2.24, 2.45) is 5.92 Å². The molecular formula is C25H23FN6O3. The Morgan fingerprint density at radius 2 is 2.14 bits per heavy atom. The monoisotopic (exact) mass is 474 g/mol. The molecule has 4 heterocycles. The Hall–Kier alpha value is -4.39. The molecule has 4 aromatic rings. The summed E-state index contributed by atoms with van der Waals surface area (Å²) in [5.74, 6) is 1.16. The Morgan fingerprint density at radius 1 is 1.31 bits per heavy atom. The van der Waals surface area contributed by atoms with E-state index in [4.69, 9.17) is 8.83 Å². The van der Waals surface area contributed by atoms with Crippen LogP contribution < -0.4 is 10.2 Å². The number of aromatic nitrogens is 3. The zero-order chi connectivity index (χ0) is 24.4. The number of oxazole rings is 1. The van der Waals surface area contributed by atoms with Crippen LogP contribution in [-0.2, 0) is 11.3 Å². The summed E-state index contributed by atoms with van der Waals surface area (Å²) in [5, 5.41) is 12.4. The van der Waals surface area contributed by atoms with E-state index in [-0.39, 0.29) is 35.8 Å². The van der Waals surface area contributed by atoms with Crippen LogP contribution in [0.4, 0.5) is 10.3 Å². The summed E-state index contributed by atoms with van der Waals surface area (Å²) in [5.41, 5.74) is 1.29. The maximum absolute atomic E-state index is 14.6. The van der Waals surface area contributed by atoms with E-state index in [1.165, 1.54) is 12.3 Å². The van der Waals surface area contributed by atoms with Crippen LogP contribution in [0.5, 0.6) is 0 Å². The van der Waals surface area contributed by atoms with Crippen molar-refractivity contribution in [1.82, 2.24) is 19.9 Å². The second-order valence-electron chi connectivity index (χ2n) is 8.37. The van der Waals surface area contributed by atoms with Crippen LogP contribution in [0.2, 0.25) is 0 Å². The van der Waals surface area contributed by atoms with Gasteiger partial charge in [0.2, 0.25) is 17.5 Å². The van der Waals surface area contributed by atoms with Crippen LogP contribution in [0.1, 0.15) is 29.9 Å². The normalized spacial score (nSPS) is 14.1. The Morgan fingerprint density at radius 3 is 2.80 bits per heavy atom. The summed E-state index contributed by atoms with van der Waals surface area (Å²) in [6.45, 7) is 3.15. The molecule has 1 N–H and O–H groups in total. The van der Waals surface area contributed by atoms with E-state index in [9.17, 15) is 14.4 Å². The minimum Gasteiger partial charge on any atom is -0.459 e. The molecule has 1 fully saturated rings. The number of nitriles is 1. The van der Waals surface area contributed by atoms with E-state index < -0.39 is 0 Å². The van der Waals surface area contributed by atoms with Crippen molar-refractivity contribution in [1.29, 1.82) is 5.26 Å². The first kappa shape index (κ1) is 22.4. The van der Waals surface area contributed by atoms with Gasteiger partial charge in [-0.3, -0.25) is 4.79 Å². The molecule has 35 heavy (non-hydrogen) atoms. The van der Waals surface area contributed by atoms with E-state index in [1.54, 1.807) is 48.1 Å². The standard InChI is InChI=1S/C25H23FN6O3/c1-16-28-8-11-32(16)21-5-4-17(13-19(21)26)15-29-23(33)18-6-9-31(10-7-18)25-20(14-27)30-24(35-25)22-3-2-12-34-22/h2-5,8,11-13,18H,6-7,9-10,15H2,1H3,(H,29,33). The number of amides is 1. The first-order chi connectivity index (χ1) is 17.0. The van der Waals surface area contributed by atoms with Gasteiger partial charge in [-0.2, -0.15) is 10.2 Å². The van der Waals surface area contributed by atoms with E-state index >= 15 is 0 Å². The van der Waals surface area contributed by atoms with Crippen molar-refractivity contribution < 1.29 is 18.0 Å². The lowest BCUT2D eigenvalue weighted by molar-refractivity contribution is -0.125. The van der Waals surface area contributed by atoms with Gasteiger partial charge in [-0.05, 0) is 49.6 Å². The highest BCUT2D eigenvalue weighted by molar-refractivity contribution is 5.79. The van der Waals surface area contributed by atoms with E-state index in [1.807, 2.05) is 4.90 Å². The number of rotatable bonds is 6. The predicted octanol–water partition coefficient (Wildman–Crippen LogP) is 3.97. The van der Waals surface area contributed by atoms with Crippen LogP contribution in [0.15, 0.2) is 57.8 Å². The number of hydrogen-bond donors (Lipinski definition) is 1. The molecule has 0 saturated carbocycles. The van der Waals surface area contributed by atoms with Gasteiger partial charge in [0.25, 0.3) is 5.89 Å². The average molecular weight is 474 g/mol. The fraction of sp³-hybridized carbons (Fsp3) is 0.280. The van der Waals surface area contributed by atoms with Crippen molar-refractivity contribution in [2.75, 3.05) is 18.0 Å². The molecule has 0 radical (unpaired) electrons. The molecule has 178 valence electrons. The Kier molecular flexibility index (Phi) is 6.06. The van der Waals surface area contributed by atoms with Gasteiger partial charge in [-0.1, -0.05) is 6.07 Å². The number of nitrogens with zero attached hydrogens (tertiary/aromatic N) is 5. The number of halogens is 1. The summed E-state index contributed by atoms with van der Waals surface area (Å²) >= 11 is 0. The van der Waals surface area contributed by atoms with E-state index in [0.29, 0.717) is 54.7 Å². The molecule has 1 aromatic carbocycles. The average Bonchev–Trinajstić information content (AvgIpc) is 3.63. The van der Waals surface area contributed by atoms with Crippen LogP contribution in [-0.4, -0.2) is 33.5 Å². The number of furan rings is 1. The number of benzene rings is 1. The van der Waals surface area contributed by atoms with Crippen molar-refractivity contribution in [2.45, 2.75) is 26.3 Å². The largest absolute Gasteiger partial charge is 0.459 e. The number of carbonyl (C=O) groups is 1. The van der Waals surface area contributed by atoms with Gasteiger partial charge in [0.05, 0.1) is 12.0 Å². The lowest BCUT2D eigenvalue weighted by Crippen LogP contribution is -2.40. The second-order valence-corrected chi connectivity index (χ2v) is 8.37. The zero-order valence-corrected chi connectivity index (χ0v) is 19.1. The molecule has 0 spiro atoms. The van der Waals surface area contributed by atoms with Gasteiger partial charge < -0.3 is 23.6 Å². The number of anilines is 1. The summed E-state index contributed by atoms with van der Waals surface area (Å²) in [7, 11) is 0. The van der Waals surface area contributed by atoms with Gasteiger partial charge in [0.15, 0.2) is 5.76 Å². The van der Waals surface area contributed by atoms with Crippen molar-refractivity contribution in [3.05, 3.63) is 71.9 Å². The van der Waals surface area contributed by atoms with Gasteiger partial charge >= 0.3 is 0 Å². The smallest absolute Gasteiger partial charge is 0.266 e. The second kappa shape index (κ2) is 9.46. The Bertz CT molecular complexity index is 1380. The van der Waals surface area contributed by atoms with Crippen molar-refractivity contribution in [3.8, 4) is 23.4 Å². The fourth-order valence-electron chi connectivity index (χ4n) is 4.27. The highest BCUT2D eigenvalue weighted by Gasteiger charge is 2.29. The van der Waals surface area contributed by atoms with Gasteiger partial charge in [-0.25, -0.2) is 9.37 Å². The molecule has 1 aliphatic heterocycles. The topological polar surface area (TPSA) is 113 Å². The van der Waals surface area contributed by atoms with Gasteiger partial charge in [-0.15, -0.1) is 0 Å². The maximum Gasteiger partial charge on any atom is 0.266 e. The Labute approximate surface area is 200 Å². The maximum atomic E-state index is 14.6. The predicted molar refractivity (Wildman–Crippen MR) is 124 cm³/mol. The van der Waals surface area contributed by atoms with Crippen LogP contribution in [0.25, 0.3) is 17.3 Å². The zero-order valence-electron chi connectivity index (χ0n) is 19.1. The molecule has 0 bridgehead atoms. The minimum atomic E-state index is -0.375. The molecule has 1 aliphatic rings. The number of carbonyl (C=O) groups excluding carboxylic acids is 1. The number of imidazole rings is 1. The number of aryl methyl sites for hydroxylation is 1. The molecule has 9 nitrogen and oxygen atoms in total. The molecule has 0 atom stereocenters. The number of hydrogen-bond acceptors (Lipinski definition) is 7. The fourth-order valence-corrected chi connectivity index (χ4v) is 4.27.